The van der Waals surface area contributed by atoms with E-state index in [-0.39, 0.29) is 17.2 Å². The Hall–Kier alpha value is -1.84. The number of hydrogen-bond donors (Lipinski definition) is 2. The first-order valence-corrected chi connectivity index (χ1v) is 6.89. The van der Waals surface area contributed by atoms with Crippen molar-refractivity contribution in [2.75, 3.05) is 0 Å². The van der Waals surface area contributed by atoms with E-state index in [0.717, 1.165) is 5.56 Å². The van der Waals surface area contributed by atoms with Gasteiger partial charge < -0.3 is 10.4 Å². The molecule has 2 rings (SSSR count). The molecule has 0 bridgehead atoms. The van der Waals surface area contributed by atoms with Crippen molar-refractivity contribution in [3.05, 3.63) is 35.4 Å². The Morgan fingerprint density at radius 1 is 1.20 bits per heavy atom. The Labute approximate surface area is 119 Å². The molecule has 1 fully saturated rings. The predicted molar refractivity (Wildman–Crippen MR) is 76.2 cm³/mol. The molecule has 1 aliphatic rings. The molecule has 1 aromatic carbocycles. The van der Waals surface area contributed by atoms with Crippen LogP contribution in [0.15, 0.2) is 24.3 Å². The first-order valence-electron chi connectivity index (χ1n) is 6.89. The first kappa shape index (κ1) is 14.6. The fourth-order valence-corrected chi connectivity index (χ4v) is 2.20. The fourth-order valence-electron chi connectivity index (χ4n) is 2.20. The number of carbonyl (C=O) groups excluding carboxylic acids is 1. The van der Waals surface area contributed by atoms with Gasteiger partial charge in [-0.15, -0.1) is 0 Å². The zero-order chi connectivity index (χ0) is 14.9. The van der Waals surface area contributed by atoms with Crippen LogP contribution in [-0.4, -0.2) is 17.0 Å². The Balaban J connectivity index is 1.86. The summed E-state index contributed by atoms with van der Waals surface area (Å²) < 4.78 is 0. The van der Waals surface area contributed by atoms with Crippen molar-refractivity contribution in [1.29, 1.82) is 0 Å². The maximum Gasteiger partial charge on any atom is 0.307 e. The fraction of sp³-hybridized carbons (Fsp3) is 0.500. The Morgan fingerprint density at radius 3 is 2.25 bits per heavy atom. The smallest absolute Gasteiger partial charge is 0.307 e. The lowest BCUT2D eigenvalue weighted by Crippen LogP contribution is -2.26. The second kappa shape index (κ2) is 5.27. The van der Waals surface area contributed by atoms with Crippen LogP contribution in [0.25, 0.3) is 0 Å². The first-order chi connectivity index (χ1) is 9.29. The second-order valence-electron chi connectivity index (χ2n) is 6.45. The molecule has 108 valence electrons. The number of amides is 1. The number of rotatable bonds is 4. The van der Waals surface area contributed by atoms with E-state index in [1.165, 1.54) is 5.56 Å². The van der Waals surface area contributed by atoms with Gasteiger partial charge in [-0.25, -0.2) is 0 Å². The highest BCUT2D eigenvalue weighted by molar-refractivity contribution is 5.89. The van der Waals surface area contributed by atoms with Crippen LogP contribution in [0.1, 0.15) is 38.3 Å². The molecule has 0 saturated heterocycles. The highest BCUT2D eigenvalue weighted by Gasteiger charge is 2.48. The number of carboxylic acids is 1. The van der Waals surface area contributed by atoms with Crippen molar-refractivity contribution in [3.63, 3.8) is 0 Å². The standard InChI is InChI=1S/C16H21NO3/c1-16(2,3)11-6-4-10(5-7-11)9-17-14(18)12-8-13(12)15(19)20/h4-7,12-13H,8-9H2,1-3H3,(H,17,18)(H,19,20). The third-order valence-electron chi connectivity index (χ3n) is 3.73. The number of carbonyl (C=O) groups is 2. The maximum atomic E-state index is 11.7. The molecule has 0 spiro atoms. The molecule has 20 heavy (non-hydrogen) atoms. The molecular weight excluding hydrogens is 254 g/mol. The van der Waals surface area contributed by atoms with Gasteiger partial charge >= 0.3 is 5.97 Å². The van der Waals surface area contributed by atoms with Crippen molar-refractivity contribution >= 4 is 11.9 Å². The maximum absolute atomic E-state index is 11.7. The van der Waals surface area contributed by atoms with Gasteiger partial charge in [0.25, 0.3) is 0 Å². The summed E-state index contributed by atoms with van der Waals surface area (Å²) in [6.07, 6.45) is 0.462. The lowest BCUT2D eigenvalue weighted by molar-refractivity contribution is -0.140. The summed E-state index contributed by atoms with van der Waals surface area (Å²) in [5, 5.41) is 11.6. The van der Waals surface area contributed by atoms with E-state index in [1.807, 2.05) is 12.1 Å². The second-order valence-corrected chi connectivity index (χ2v) is 6.45. The minimum absolute atomic E-state index is 0.116. The van der Waals surface area contributed by atoms with Crippen molar-refractivity contribution in [3.8, 4) is 0 Å². The van der Waals surface area contributed by atoms with Crippen molar-refractivity contribution < 1.29 is 14.7 Å². The predicted octanol–water partition coefficient (Wildman–Crippen LogP) is 2.32. The Kier molecular flexibility index (Phi) is 3.84. The third kappa shape index (κ3) is 3.38. The van der Waals surface area contributed by atoms with Crippen LogP contribution in [0, 0.1) is 11.8 Å². The highest BCUT2D eigenvalue weighted by atomic mass is 16.4. The molecule has 1 aliphatic carbocycles. The number of benzene rings is 1. The quantitative estimate of drug-likeness (QED) is 0.886. The summed E-state index contributed by atoms with van der Waals surface area (Å²) >= 11 is 0. The van der Waals surface area contributed by atoms with Crippen molar-refractivity contribution in [2.24, 2.45) is 11.8 Å². The number of nitrogens with one attached hydrogen (secondary N) is 1. The van der Waals surface area contributed by atoms with E-state index in [4.69, 9.17) is 5.11 Å². The van der Waals surface area contributed by atoms with Crippen LogP contribution >= 0.6 is 0 Å². The van der Waals surface area contributed by atoms with Gasteiger partial charge in [0.1, 0.15) is 0 Å². The molecule has 0 heterocycles. The van der Waals surface area contributed by atoms with E-state index >= 15 is 0 Å². The van der Waals surface area contributed by atoms with Crippen LogP contribution in [0.3, 0.4) is 0 Å². The average molecular weight is 275 g/mol. The van der Waals surface area contributed by atoms with E-state index in [9.17, 15) is 9.59 Å². The largest absolute Gasteiger partial charge is 0.481 e. The van der Waals surface area contributed by atoms with Gasteiger partial charge in [-0.1, -0.05) is 45.0 Å². The average Bonchev–Trinajstić information content (AvgIpc) is 3.15. The number of carboxylic acid groups (broad SMARTS) is 1. The number of aliphatic carboxylic acids is 1. The number of hydrogen-bond acceptors (Lipinski definition) is 2. The molecular formula is C16H21NO3. The normalized spacial score (nSPS) is 21.4. The zero-order valence-electron chi connectivity index (χ0n) is 12.1. The van der Waals surface area contributed by atoms with Gasteiger partial charge in [-0.05, 0) is 23.0 Å². The van der Waals surface area contributed by atoms with Gasteiger partial charge in [0, 0.05) is 6.54 Å². The molecule has 1 saturated carbocycles. The Morgan fingerprint density at radius 2 is 1.80 bits per heavy atom. The summed E-state index contributed by atoms with van der Waals surface area (Å²) in [4.78, 5) is 22.4. The lowest BCUT2D eigenvalue weighted by atomic mass is 9.87. The molecule has 0 radical (unpaired) electrons. The monoisotopic (exact) mass is 275 g/mol. The molecule has 1 aromatic rings. The van der Waals surface area contributed by atoms with Crippen LogP contribution in [0.2, 0.25) is 0 Å². The van der Waals surface area contributed by atoms with Crippen molar-refractivity contribution in [1.82, 2.24) is 5.32 Å². The van der Waals surface area contributed by atoms with E-state index in [2.05, 4.69) is 38.2 Å². The minimum atomic E-state index is -0.875. The lowest BCUT2D eigenvalue weighted by Gasteiger charge is -2.19. The zero-order valence-corrected chi connectivity index (χ0v) is 12.1. The van der Waals surface area contributed by atoms with Gasteiger partial charge in [0.05, 0.1) is 11.8 Å². The molecule has 4 nitrogen and oxygen atoms in total. The summed E-state index contributed by atoms with van der Waals surface area (Å²) in [5.41, 5.74) is 2.39. The van der Waals surface area contributed by atoms with E-state index in [1.54, 1.807) is 0 Å². The van der Waals surface area contributed by atoms with Gasteiger partial charge in [0.2, 0.25) is 5.91 Å². The molecule has 1 amide bonds. The van der Waals surface area contributed by atoms with E-state index in [0.29, 0.717) is 13.0 Å². The summed E-state index contributed by atoms with van der Waals surface area (Å²) in [6.45, 7) is 6.92. The summed E-state index contributed by atoms with van der Waals surface area (Å²) in [6, 6.07) is 8.14. The summed E-state index contributed by atoms with van der Waals surface area (Å²) in [7, 11) is 0. The third-order valence-corrected chi connectivity index (χ3v) is 3.73. The highest BCUT2D eigenvalue weighted by Crippen LogP contribution is 2.38. The van der Waals surface area contributed by atoms with Gasteiger partial charge in [-0.2, -0.15) is 0 Å². The van der Waals surface area contributed by atoms with E-state index < -0.39 is 11.9 Å². The molecule has 2 unspecified atom stereocenters. The van der Waals surface area contributed by atoms with Gasteiger partial charge in [-0.3, -0.25) is 9.59 Å². The van der Waals surface area contributed by atoms with Crippen LogP contribution in [0.4, 0.5) is 0 Å². The van der Waals surface area contributed by atoms with Crippen LogP contribution < -0.4 is 5.32 Å². The SMILES string of the molecule is CC(C)(C)c1ccc(CNC(=O)C2CC2C(=O)O)cc1. The molecule has 2 N–H and O–H groups in total. The molecule has 0 aliphatic heterocycles. The molecule has 2 atom stereocenters. The topological polar surface area (TPSA) is 66.4 Å². The summed E-state index contributed by atoms with van der Waals surface area (Å²) in [5.74, 6) is -1.86. The van der Waals surface area contributed by atoms with Crippen molar-refractivity contribution in [2.45, 2.75) is 39.2 Å². The Bertz CT molecular complexity index is 514. The molecule has 0 aromatic heterocycles. The minimum Gasteiger partial charge on any atom is -0.481 e. The molecule has 4 heteroatoms. The van der Waals surface area contributed by atoms with Crippen LogP contribution in [0.5, 0.6) is 0 Å². The van der Waals surface area contributed by atoms with Crippen LogP contribution in [-0.2, 0) is 21.5 Å². The van der Waals surface area contributed by atoms with Gasteiger partial charge in [0.15, 0.2) is 0 Å².